The topological polar surface area (TPSA) is 210 Å². The Morgan fingerprint density at radius 1 is 0.125 bits per heavy atom. The number of aromatic nitrogens is 12. The van der Waals surface area contributed by atoms with Crippen LogP contribution in [0.2, 0.25) is 0 Å². The summed E-state index contributed by atoms with van der Waals surface area (Å²) in [7, 11) is 0. The van der Waals surface area contributed by atoms with Crippen molar-refractivity contribution < 1.29 is 28.4 Å². The van der Waals surface area contributed by atoms with E-state index in [0.29, 0.717) is 139 Å². The van der Waals surface area contributed by atoms with Crippen LogP contribution in [-0.2, 0) is 0 Å². The summed E-state index contributed by atoms with van der Waals surface area (Å²) in [5.74, 6) is 4.96. The highest BCUT2D eigenvalue weighted by Crippen LogP contribution is 2.45. The van der Waals surface area contributed by atoms with E-state index in [9.17, 15) is 0 Å². The summed E-state index contributed by atoms with van der Waals surface area (Å²) in [6.07, 6.45) is 42.8. The SMILES string of the molecule is CCCCCCCCOc1ccc(-c2ccc3c(n2)c2nc(-c4ccc(OCCCCCCCC)cc4)ccc2c2nc4c(nc32)c2nc3c5ccc(-c6ccc(OCCCCCCCC)cc6)nc5c5nc(-c6ccc(OCCCCCCCC)cc6)ccc5c3nc2c2nc3c5ccc(-c6ccc(OCCCCCCCC)cc6)nc5c5nc(-c6ccc(OCCCCCCCC)cc6)ccc5c3nc42)cc1. The fraction of sp³-hybridized carbons (Fsp3) is 0.381. The fourth-order valence-electron chi connectivity index (χ4n) is 20.1. The molecule has 18 nitrogen and oxygen atoms in total. The van der Waals surface area contributed by atoms with E-state index in [1.165, 1.54) is 154 Å². The Hall–Kier alpha value is -13.7. The van der Waals surface area contributed by atoms with Crippen molar-refractivity contribution in [1.82, 2.24) is 59.8 Å². The standard InChI is InChI=1S/C126H138N12O6/c1-7-13-19-25-31-37-79-139-91-55-43-85(44-56-91)103-73-67-97-109(127-103)110-98(68-74-104(128-110)86-45-57-92(58-46-86)140-80-38-32-26-20-14-8-2)116-115(97)133-121-122(134-116)124-126(138-120-102-72-78-108(90-53-65-96(66-54-90)144-84-42-36-30-24-18-12-6)132-114(102)113-101(119(120)136-124)71-77-107(131-113)89-51-63-95(64-52-89)143-83-41-35-29-23-17-11-5)125-123(121)135-117-99-69-75-105(87-47-59-93(60-48-87)141-81-39-33-27-21-15-9-3)129-111(99)112-100(118(117)137-125)70-76-106(130-112)88-49-61-94(62-50-88)142-82-40-34-28-22-16-10-4/h43-78H,7-42,79-84H2,1-6H3. The van der Waals surface area contributed by atoms with Crippen LogP contribution in [0.1, 0.15) is 273 Å². The summed E-state index contributed by atoms with van der Waals surface area (Å²) in [4.78, 5) is 70.2. The van der Waals surface area contributed by atoms with Crippen LogP contribution in [0.5, 0.6) is 34.5 Å². The number of benzene rings is 10. The molecule has 0 saturated carbocycles. The summed E-state index contributed by atoms with van der Waals surface area (Å²) >= 11 is 0. The maximum atomic E-state index is 6.37. The molecule has 0 radical (unpaired) electrons. The van der Waals surface area contributed by atoms with Gasteiger partial charge in [-0.25, -0.2) is 59.8 Å². The second kappa shape index (κ2) is 49.0. The Morgan fingerprint density at radius 3 is 0.389 bits per heavy atom. The Labute approximate surface area is 847 Å². The second-order valence-corrected chi connectivity index (χ2v) is 39.3. The van der Waals surface area contributed by atoms with E-state index in [1.807, 2.05) is 0 Å². The predicted octanol–water partition coefficient (Wildman–Crippen LogP) is 34.7. The van der Waals surface area contributed by atoms with Crippen LogP contribution >= 0.6 is 0 Å². The molecular formula is C126H138N12O6. The van der Waals surface area contributed by atoms with Crippen LogP contribution in [0.15, 0.2) is 218 Å². The molecule has 0 aliphatic heterocycles. The van der Waals surface area contributed by atoms with Crippen molar-refractivity contribution in [1.29, 1.82) is 0 Å². The second-order valence-electron chi connectivity index (χ2n) is 39.3. The molecular weight excluding hydrogens is 1780 g/mol. The van der Waals surface area contributed by atoms with Crippen molar-refractivity contribution >= 4 is 132 Å². The summed E-state index contributed by atoms with van der Waals surface area (Å²) in [6.45, 7) is 17.5. The number of pyridine rings is 6. The predicted molar refractivity (Wildman–Crippen MR) is 596 cm³/mol. The van der Waals surface area contributed by atoms with Gasteiger partial charge in [0.05, 0.1) is 140 Å². The van der Waals surface area contributed by atoms with Gasteiger partial charge in [-0.05, 0) is 257 Å². The Morgan fingerprint density at radius 2 is 0.250 bits per heavy atom. The highest BCUT2D eigenvalue weighted by atomic mass is 16.5. The van der Waals surface area contributed by atoms with Crippen LogP contribution in [-0.4, -0.2) is 99.4 Å². The molecule has 0 fully saturated rings. The zero-order valence-electron chi connectivity index (χ0n) is 85.3. The molecule has 0 saturated heterocycles. The molecule has 0 spiro atoms. The van der Waals surface area contributed by atoms with E-state index >= 15 is 0 Å². The summed E-state index contributed by atoms with van der Waals surface area (Å²) in [6, 6.07) is 75.2. The van der Waals surface area contributed by atoms with Crippen LogP contribution in [0.4, 0.5) is 0 Å². The van der Waals surface area contributed by atoms with Crippen LogP contribution in [0.25, 0.3) is 199 Å². The molecule has 10 aromatic carbocycles. The Bertz CT molecular complexity index is 6410. The number of fused-ring (bicyclic) bond motifs is 24. The van der Waals surface area contributed by atoms with Gasteiger partial charge in [0.2, 0.25) is 0 Å². The van der Waals surface area contributed by atoms with Crippen molar-refractivity contribution in [3.05, 3.63) is 218 Å². The number of nitrogens with zero attached hydrogens (tertiary/aromatic N) is 12. The number of ether oxygens (including phenoxy) is 6. The summed E-state index contributed by atoms with van der Waals surface area (Å²) in [5.41, 5.74) is 20.6. The smallest absolute Gasteiger partial charge is 0.120 e. The van der Waals surface area contributed by atoms with Crippen molar-refractivity contribution in [2.75, 3.05) is 39.6 Å². The number of hydrogen-bond donors (Lipinski definition) is 0. The minimum absolute atomic E-state index is 0.470. The van der Waals surface area contributed by atoms with Crippen molar-refractivity contribution in [3.8, 4) is 102 Å². The van der Waals surface area contributed by atoms with Gasteiger partial charge in [-0.1, -0.05) is 234 Å². The third kappa shape index (κ3) is 23.3. The molecule has 9 aromatic heterocycles. The molecule has 144 heavy (non-hydrogen) atoms. The quantitative estimate of drug-likeness (QED) is 0.0197. The van der Waals surface area contributed by atoms with Crippen molar-refractivity contribution in [3.63, 3.8) is 0 Å². The Kier molecular flexibility index (Phi) is 33.7. The molecule has 0 bridgehead atoms. The molecule has 0 unspecified atom stereocenters. The van der Waals surface area contributed by atoms with Gasteiger partial charge in [-0.3, -0.25) is 0 Å². The number of hydrogen-bond acceptors (Lipinski definition) is 18. The van der Waals surface area contributed by atoms with E-state index < -0.39 is 0 Å². The van der Waals surface area contributed by atoms with E-state index in [-0.39, 0.29) is 0 Å². The summed E-state index contributed by atoms with van der Waals surface area (Å²) in [5, 5.41) is 4.51. The van der Waals surface area contributed by atoms with Gasteiger partial charge in [0, 0.05) is 65.7 Å². The molecule has 0 aliphatic carbocycles. The van der Waals surface area contributed by atoms with Crippen molar-refractivity contribution in [2.45, 2.75) is 273 Å². The zero-order valence-corrected chi connectivity index (χ0v) is 85.3. The Balaban J connectivity index is 0.820. The molecule has 18 heteroatoms. The minimum atomic E-state index is 0.470. The first-order valence-corrected chi connectivity index (χ1v) is 54.5. The minimum Gasteiger partial charge on any atom is -0.494 e. The number of unbranched alkanes of at least 4 members (excludes halogenated alkanes) is 30. The van der Waals surface area contributed by atoms with Gasteiger partial charge in [-0.15, -0.1) is 0 Å². The first-order chi connectivity index (χ1) is 71.2. The van der Waals surface area contributed by atoms with E-state index in [0.717, 1.165) is 211 Å². The molecule has 0 aliphatic rings. The van der Waals surface area contributed by atoms with Crippen molar-refractivity contribution in [2.24, 2.45) is 0 Å². The van der Waals surface area contributed by atoms with Gasteiger partial charge < -0.3 is 28.4 Å². The summed E-state index contributed by atoms with van der Waals surface area (Å²) < 4.78 is 38.2. The molecule has 9 heterocycles. The van der Waals surface area contributed by atoms with E-state index in [1.54, 1.807) is 0 Å². The third-order valence-electron chi connectivity index (χ3n) is 28.4. The molecule has 0 amide bonds. The lowest BCUT2D eigenvalue weighted by Crippen LogP contribution is -2.02. The van der Waals surface area contributed by atoms with E-state index in [4.69, 9.17) is 88.2 Å². The largest absolute Gasteiger partial charge is 0.494 e. The highest BCUT2D eigenvalue weighted by Gasteiger charge is 2.28. The molecule has 0 atom stereocenters. The van der Waals surface area contributed by atoms with Crippen LogP contribution in [0.3, 0.4) is 0 Å². The van der Waals surface area contributed by atoms with Crippen LogP contribution in [0, 0.1) is 0 Å². The fourth-order valence-corrected chi connectivity index (χ4v) is 20.1. The molecule has 19 rings (SSSR count). The molecule has 19 aromatic rings. The van der Waals surface area contributed by atoms with Gasteiger partial charge in [0.15, 0.2) is 0 Å². The molecule has 738 valence electrons. The molecule has 0 N–H and O–H groups in total. The number of rotatable bonds is 54. The third-order valence-corrected chi connectivity index (χ3v) is 28.4. The van der Waals surface area contributed by atoms with Gasteiger partial charge in [-0.2, -0.15) is 0 Å². The lowest BCUT2D eigenvalue weighted by molar-refractivity contribution is 0.304. The first kappa shape index (κ1) is 99.0. The first-order valence-electron chi connectivity index (χ1n) is 54.5. The zero-order chi connectivity index (χ0) is 98.1. The van der Waals surface area contributed by atoms with Gasteiger partial charge >= 0.3 is 0 Å². The average Bonchev–Trinajstić information content (AvgIpc) is 0.691. The maximum Gasteiger partial charge on any atom is 0.120 e. The maximum absolute atomic E-state index is 6.37. The van der Waals surface area contributed by atoms with Gasteiger partial charge in [0.25, 0.3) is 0 Å². The van der Waals surface area contributed by atoms with Crippen LogP contribution < -0.4 is 28.4 Å². The lowest BCUT2D eigenvalue weighted by atomic mass is 10.0. The lowest BCUT2D eigenvalue weighted by Gasteiger charge is -2.16. The monoisotopic (exact) mass is 1920 g/mol. The van der Waals surface area contributed by atoms with Gasteiger partial charge in [0.1, 0.15) is 67.6 Å². The highest BCUT2D eigenvalue weighted by molar-refractivity contribution is 6.30. The average molecular weight is 1920 g/mol. The normalized spacial score (nSPS) is 11.9. The van der Waals surface area contributed by atoms with E-state index in [2.05, 4.69) is 260 Å².